The Balaban J connectivity index is 1.70. The molecule has 0 bridgehead atoms. The third-order valence-electron chi connectivity index (χ3n) is 4.32. The van der Waals surface area contributed by atoms with Gasteiger partial charge in [-0.15, -0.1) is 0 Å². The van der Waals surface area contributed by atoms with Crippen molar-refractivity contribution in [3.8, 4) is 11.5 Å². The van der Waals surface area contributed by atoms with Crippen molar-refractivity contribution in [3.05, 3.63) is 46.4 Å². The number of oxazole rings is 1. The lowest BCUT2D eigenvalue weighted by Gasteiger charge is -2.15. The quantitative estimate of drug-likeness (QED) is 0.722. The van der Waals surface area contributed by atoms with Crippen molar-refractivity contribution in [1.82, 2.24) is 4.98 Å². The van der Waals surface area contributed by atoms with Crippen LogP contribution in [0.25, 0.3) is 22.6 Å². The average molecular weight is 391 g/mol. The van der Waals surface area contributed by atoms with E-state index in [0.717, 1.165) is 0 Å². The highest BCUT2D eigenvalue weighted by atomic mass is 35.5. The minimum atomic E-state index is -0.971. The van der Waals surface area contributed by atoms with Crippen molar-refractivity contribution >= 4 is 51.9 Å². The number of carboxylic acid groups (broad SMARTS) is 1. The van der Waals surface area contributed by atoms with Crippen LogP contribution >= 0.6 is 23.2 Å². The fourth-order valence-electron chi connectivity index (χ4n) is 2.98. The van der Waals surface area contributed by atoms with E-state index in [4.69, 9.17) is 32.7 Å². The molecule has 1 atom stereocenters. The van der Waals surface area contributed by atoms with Gasteiger partial charge in [0.05, 0.1) is 16.5 Å². The number of carbonyl (C=O) groups excluding carboxylic acids is 1. The Kier molecular flexibility index (Phi) is 4.09. The first-order chi connectivity index (χ1) is 12.4. The summed E-state index contributed by atoms with van der Waals surface area (Å²) in [5, 5.41) is 10.0. The van der Waals surface area contributed by atoms with Crippen LogP contribution in [0.1, 0.15) is 6.42 Å². The number of anilines is 1. The zero-order valence-corrected chi connectivity index (χ0v) is 14.8. The molecule has 4 rings (SSSR count). The maximum Gasteiger partial charge on any atom is 0.308 e. The summed E-state index contributed by atoms with van der Waals surface area (Å²) in [6, 6.07) is 10.1. The molecule has 6 nitrogen and oxygen atoms in total. The SMILES string of the molecule is O=C(O)[C@@H]1CC(=O)N(c2ccc3nc(-c4ccc(Cl)cc4Cl)oc3c2)C1. The van der Waals surface area contributed by atoms with E-state index in [1.807, 2.05) is 0 Å². The highest BCUT2D eigenvalue weighted by Gasteiger charge is 2.35. The van der Waals surface area contributed by atoms with E-state index in [2.05, 4.69) is 4.98 Å². The summed E-state index contributed by atoms with van der Waals surface area (Å²) >= 11 is 12.1. The lowest BCUT2D eigenvalue weighted by molar-refractivity contribution is -0.141. The van der Waals surface area contributed by atoms with Crippen molar-refractivity contribution in [3.63, 3.8) is 0 Å². The van der Waals surface area contributed by atoms with Gasteiger partial charge < -0.3 is 14.4 Å². The number of nitrogens with zero attached hydrogens (tertiary/aromatic N) is 2. The molecule has 0 saturated carbocycles. The summed E-state index contributed by atoms with van der Waals surface area (Å²) in [5.41, 5.74) is 2.28. The molecule has 26 heavy (non-hydrogen) atoms. The Morgan fingerprint density at radius 2 is 2.04 bits per heavy atom. The van der Waals surface area contributed by atoms with Crippen molar-refractivity contribution in [1.29, 1.82) is 0 Å². The predicted octanol–water partition coefficient (Wildman–Crippen LogP) is 4.24. The number of carbonyl (C=O) groups is 2. The van der Waals surface area contributed by atoms with Crippen LogP contribution in [0.5, 0.6) is 0 Å². The Morgan fingerprint density at radius 3 is 2.73 bits per heavy atom. The van der Waals surface area contributed by atoms with Crippen LogP contribution in [-0.2, 0) is 9.59 Å². The second-order valence-electron chi connectivity index (χ2n) is 6.04. The van der Waals surface area contributed by atoms with E-state index < -0.39 is 11.9 Å². The number of rotatable bonds is 3. The van der Waals surface area contributed by atoms with Gasteiger partial charge in [-0.2, -0.15) is 0 Å². The van der Waals surface area contributed by atoms with E-state index in [1.54, 1.807) is 36.4 Å². The number of carboxylic acids is 1. The van der Waals surface area contributed by atoms with Gasteiger partial charge in [0.1, 0.15) is 5.52 Å². The van der Waals surface area contributed by atoms with Crippen molar-refractivity contribution in [2.24, 2.45) is 5.92 Å². The van der Waals surface area contributed by atoms with Gasteiger partial charge in [-0.25, -0.2) is 4.98 Å². The Morgan fingerprint density at radius 1 is 1.23 bits per heavy atom. The predicted molar refractivity (Wildman–Crippen MR) is 97.6 cm³/mol. The molecule has 3 aromatic rings. The minimum Gasteiger partial charge on any atom is -0.481 e. The monoisotopic (exact) mass is 390 g/mol. The smallest absolute Gasteiger partial charge is 0.308 e. The lowest BCUT2D eigenvalue weighted by Crippen LogP contribution is -2.25. The molecule has 2 heterocycles. The number of halogens is 2. The maximum atomic E-state index is 12.1. The zero-order valence-electron chi connectivity index (χ0n) is 13.3. The minimum absolute atomic E-state index is 0.00456. The highest BCUT2D eigenvalue weighted by Crippen LogP contribution is 2.34. The fourth-order valence-corrected chi connectivity index (χ4v) is 3.47. The van der Waals surface area contributed by atoms with Gasteiger partial charge in [0, 0.05) is 29.7 Å². The molecule has 0 spiro atoms. The van der Waals surface area contributed by atoms with Crippen LogP contribution in [0.3, 0.4) is 0 Å². The molecule has 1 saturated heterocycles. The Hall–Kier alpha value is -2.57. The lowest BCUT2D eigenvalue weighted by atomic mass is 10.1. The van der Waals surface area contributed by atoms with Crippen molar-refractivity contribution < 1.29 is 19.1 Å². The first-order valence-electron chi connectivity index (χ1n) is 7.81. The molecule has 0 aliphatic carbocycles. The number of amides is 1. The molecule has 1 amide bonds. The van der Waals surface area contributed by atoms with Gasteiger partial charge in [0.15, 0.2) is 5.58 Å². The van der Waals surface area contributed by atoms with Crippen molar-refractivity contribution in [2.75, 3.05) is 11.4 Å². The molecule has 2 aromatic carbocycles. The summed E-state index contributed by atoms with van der Waals surface area (Å²) in [5.74, 6) is -1.55. The molecule has 1 fully saturated rings. The molecule has 1 aliphatic rings. The molecule has 0 unspecified atom stereocenters. The molecule has 1 aliphatic heterocycles. The number of hydrogen-bond acceptors (Lipinski definition) is 4. The van der Waals surface area contributed by atoms with E-state index >= 15 is 0 Å². The highest BCUT2D eigenvalue weighted by molar-refractivity contribution is 6.36. The number of aliphatic carboxylic acids is 1. The van der Waals surface area contributed by atoms with Gasteiger partial charge >= 0.3 is 5.97 Å². The summed E-state index contributed by atoms with van der Waals surface area (Å²) in [6.07, 6.45) is -0.00456. The van der Waals surface area contributed by atoms with Crippen LogP contribution in [-0.4, -0.2) is 28.5 Å². The number of fused-ring (bicyclic) bond motifs is 1. The third kappa shape index (κ3) is 2.91. The number of benzene rings is 2. The molecular formula is C18H12Cl2N2O4. The van der Waals surface area contributed by atoms with E-state index in [9.17, 15) is 9.59 Å². The van der Waals surface area contributed by atoms with E-state index in [-0.39, 0.29) is 18.9 Å². The molecule has 0 radical (unpaired) electrons. The summed E-state index contributed by atoms with van der Waals surface area (Å²) < 4.78 is 5.79. The fraction of sp³-hybridized carbons (Fsp3) is 0.167. The Labute approximate surface area is 157 Å². The molecule has 132 valence electrons. The van der Waals surface area contributed by atoms with Gasteiger partial charge in [0.25, 0.3) is 0 Å². The normalized spacial score (nSPS) is 17.2. The van der Waals surface area contributed by atoms with E-state index in [0.29, 0.717) is 38.3 Å². The molecule has 8 heteroatoms. The average Bonchev–Trinajstić information content (AvgIpc) is 3.17. The first-order valence-corrected chi connectivity index (χ1v) is 8.57. The van der Waals surface area contributed by atoms with Crippen LogP contribution in [0.15, 0.2) is 40.8 Å². The first kappa shape index (κ1) is 16.9. The van der Waals surface area contributed by atoms with Gasteiger partial charge in [-0.05, 0) is 30.3 Å². The Bertz CT molecular complexity index is 1050. The van der Waals surface area contributed by atoms with Gasteiger partial charge in [-0.1, -0.05) is 23.2 Å². The largest absolute Gasteiger partial charge is 0.481 e. The number of hydrogen-bond donors (Lipinski definition) is 1. The molecule has 1 aromatic heterocycles. The molecule has 1 N–H and O–H groups in total. The third-order valence-corrected chi connectivity index (χ3v) is 4.87. The standard InChI is InChI=1S/C18H12Cl2N2O4/c19-10-1-3-12(13(20)6-10)17-21-14-4-2-11(7-15(14)26-17)22-8-9(18(24)25)5-16(22)23/h1-4,6-7,9H,5,8H2,(H,24,25)/t9-/m1/s1. The summed E-state index contributed by atoms with van der Waals surface area (Å²) in [4.78, 5) is 29.1. The summed E-state index contributed by atoms with van der Waals surface area (Å²) in [6.45, 7) is 0.143. The topological polar surface area (TPSA) is 83.6 Å². The second kappa shape index (κ2) is 6.30. The van der Waals surface area contributed by atoms with Gasteiger partial charge in [0.2, 0.25) is 11.8 Å². The van der Waals surface area contributed by atoms with Crippen LogP contribution in [0.2, 0.25) is 10.0 Å². The zero-order chi connectivity index (χ0) is 18.4. The van der Waals surface area contributed by atoms with Crippen molar-refractivity contribution in [2.45, 2.75) is 6.42 Å². The van der Waals surface area contributed by atoms with Crippen LogP contribution in [0, 0.1) is 5.92 Å². The maximum absolute atomic E-state index is 12.1. The molecular weight excluding hydrogens is 379 g/mol. The van der Waals surface area contributed by atoms with E-state index in [1.165, 1.54) is 4.90 Å². The number of aromatic nitrogens is 1. The van der Waals surface area contributed by atoms with Crippen LogP contribution < -0.4 is 4.90 Å². The van der Waals surface area contributed by atoms with Crippen LogP contribution in [0.4, 0.5) is 5.69 Å². The van der Waals surface area contributed by atoms with Gasteiger partial charge in [-0.3, -0.25) is 9.59 Å². The second-order valence-corrected chi connectivity index (χ2v) is 6.88. The summed E-state index contributed by atoms with van der Waals surface area (Å²) in [7, 11) is 0.